The third-order valence-electron chi connectivity index (χ3n) is 2.24. The van der Waals surface area contributed by atoms with Gasteiger partial charge in [-0.3, -0.25) is 5.43 Å². The van der Waals surface area contributed by atoms with Crippen molar-refractivity contribution in [3.05, 3.63) is 11.3 Å². The van der Waals surface area contributed by atoms with Crippen molar-refractivity contribution < 1.29 is 0 Å². The SMILES string of the molecule is C=NNC1=C(CCN)CCCC1. The Morgan fingerprint density at radius 3 is 2.83 bits per heavy atom. The molecule has 0 amide bonds. The molecule has 0 saturated carbocycles. The zero-order chi connectivity index (χ0) is 8.81. The van der Waals surface area contributed by atoms with Gasteiger partial charge in [0.2, 0.25) is 0 Å². The van der Waals surface area contributed by atoms with E-state index >= 15 is 0 Å². The fraction of sp³-hybridized carbons (Fsp3) is 0.667. The maximum absolute atomic E-state index is 5.51. The molecule has 0 bridgehead atoms. The van der Waals surface area contributed by atoms with E-state index in [-0.39, 0.29) is 0 Å². The Hall–Kier alpha value is -0.830. The third kappa shape index (κ3) is 2.34. The van der Waals surface area contributed by atoms with E-state index in [1.807, 2.05) is 0 Å². The first-order chi connectivity index (χ1) is 5.88. The van der Waals surface area contributed by atoms with Crippen LogP contribution in [0.15, 0.2) is 16.4 Å². The molecule has 0 atom stereocenters. The lowest BCUT2D eigenvalue weighted by atomic mass is 9.94. The number of allylic oxidation sites excluding steroid dienone is 1. The number of nitrogens with one attached hydrogen (secondary N) is 1. The van der Waals surface area contributed by atoms with Gasteiger partial charge < -0.3 is 5.73 Å². The summed E-state index contributed by atoms with van der Waals surface area (Å²) in [6.45, 7) is 4.16. The molecular weight excluding hydrogens is 150 g/mol. The highest BCUT2D eigenvalue weighted by molar-refractivity contribution is 5.24. The van der Waals surface area contributed by atoms with Gasteiger partial charge in [0.15, 0.2) is 0 Å². The van der Waals surface area contributed by atoms with Gasteiger partial charge >= 0.3 is 0 Å². The average Bonchev–Trinajstić information content (AvgIpc) is 2.09. The summed E-state index contributed by atoms with van der Waals surface area (Å²) in [6.07, 6.45) is 5.82. The van der Waals surface area contributed by atoms with Crippen LogP contribution in [0.1, 0.15) is 32.1 Å². The molecule has 1 aliphatic rings. The Morgan fingerprint density at radius 2 is 2.17 bits per heavy atom. The molecule has 3 nitrogen and oxygen atoms in total. The van der Waals surface area contributed by atoms with Gasteiger partial charge in [-0.05, 0) is 44.2 Å². The van der Waals surface area contributed by atoms with Gasteiger partial charge in [0.05, 0.1) is 0 Å². The summed E-state index contributed by atoms with van der Waals surface area (Å²) in [5, 5.41) is 3.69. The van der Waals surface area contributed by atoms with E-state index in [4.69, 9.17) is 5.73 Å². The highest BCUT2D eigenvalue weighted by atomic mass is 15.3. The van der Waals surface area contributed by atoms with E-state index < -0.39 is 0 Å². The molecule has 0 aromatic heterocycles. The molecule has 0 saturated heterocycles. The number of hydrazone groups is 1. The topological polar surface area (TPSA) is 50.4 Å². The lowest BCUT2D eigenvalue weighted by Gasteiger charge is -2.19. The van der Waals surface area contributed by atoms with Gasteiger partial charge in [-0.2, -0.15) is 5.10 Å². The molecule has 0 heterocycles. The summed E-state index contributed by atoms with van der Waals surface area (Å²) < 4.78 is 0. The minimum Gasteiger partial charge on any atom is -0.330 e. The quantitative estimate of drug-likeness (QED) is 0.491. The molecule has 12 heavy (non-hydrogen) atoms. The number of nitrogens with two attached hydrogens (primary N) is 1. The number of rotatable bonds is 4. The Kier molecular flexibility index (Phi) is 3.80. The highest BCUT2D eigenvalue weighted by Crippen LogP contribution is 2.24. The van der Waals surface area contributed by atoms with Crippen LogP contribution in [0.3, 0.4) is 0 Å². The van der Waals surface area contributed by atoms with Crippen molar-refractivity contribution in [2.24, 2.45) is 10.8 Å². The van der Waals surface area contributed by atoms with Gasteiger partial charge in [-0.1, -0.05) is 0 Å². The van der Waals surface area contributed by atoms with Gasteiger partial charge in [0.1, 0.15) is 0 Å². The molecule has 0 aromatic rings. The summed E-state index contributed by atoms with van der Waals surface area (Å²) in [6, 6.07) is 0. The van der Waals surface area contributed by atoms with E-state index in [1.54, 1.807) is 0 Å². The predicted molar refractivity (Wildman–Crippen MR) is 51.9 cm³/mol. The zero-order valence-corrected chi connectivity index (χ0v) is 7.47. The van der Waals surface area contributed by atoms with Gasteiger partial charge in [0, 0.05) is 12.4 Å². The van der Waals surface area contributed by atoms with Gasteiger partial charge in [0.25, 0.3) is 0 Å². The predicted octanol–water partition coefficient (Wildman–Crippen LogP) is 1.37. The molecule has 3 N–H and O–H groups in total. The zero-order valence-electron chi connectivity index (χ0n) is 7.47. The van der Waals surface area contributed by atoms with Gasteiger partial charge in [-0.25, -0.2) is 0 Å². The second kappa shape index (κ2) is 4.93. The van der Waals surface area contributed by atoms with Crippen LogP contribution in [0, 0.1) is 0 Å². The van der Waals surface area contributed by atoms with Crippen LogP contribution in [-0.2, 0) is 0 Å². The van der Waals surface area contributed by atoms with Crippen LogP contribution in [0.2, 0.25) is 0 Å². The first-order valence-electron chi connectivity index (χ1n) is 4.51. The second-order valence-electron chi connectivity index (χ2n) is 3.10. The fourth-order valence-corrected chi connectivity index (χ4v) is 1.65. The largest absolute Gasteiger partial charge is 0.330 e. The summed E-state index contributed by atoms with van der Waals surface area (Å²) in [5.74, 6) is 0. The maximum Gasteiger partial charge on any atom is 0.0328 e. The molecule has 1 aliphatic carbocycles. The molecule has 3 heteroatoms. The molecule has 1 rings (SSSR count). The van der Waals surface area contributed by atoms with E-state index in [0.29, 0.717) is 0 Å². The third-order valence-corrected chi connectivity index (χ3v) is 2.24. The summed E-state index contributed by atoms with van der Waals surface area (Å²) in [4.78, 5) is 0. The van der Waals surface area contributed by atoms with E-state index in [0.717, 1.165) is 19.4 Å². The van der Waals surface area contributed by atoms with Gasteiger partial charge in [-0.15, -0.1) is 0 Å². The molecule has 0 spiro atoms. The van der Waals surface area contributed by atoms with Crippen molar-refractivity contribution in [3.63, 3.8) is 0 Å². The minimum atomic E-state index is 0.734. The van der Waals surface area contributed by atoms with Crippen LogP contribution in [0.4, 0.5) is 0 Å². The van der Waals surface area contributed by atoms with E-state index in [1.165, 1.54) is 30.5 Å². The number of nitrogens with zero attached hydrogens (tertiary/aromatic N) is 1. The van der Waals surface area contributed by atoms with E-state index in [9.17, 15) is 0 Å². The van der Waals surface area contributed by atoms with Crippen LogP contribution in [0.25, 0.3) is 0 Å². The molecular formula is C9H17N3. The highest BCUT2D eigenvalue weighted by Gasteiger charge is 2.10. The Bertz CT molecular complexity index is 184. The smallest absolute Gasteiger partial charge is 0.0328 e. The van der Waals surface area contributed by atoms with Crippen molar-refractivity contribution in [2.45, 2.75) is 32.1 Å². The van der Waals surface area contributed by atoms with Crippen molar-refractivity contribution >= 4 is 6.72 Å². The standard InChI is InChI=1S/C9H17N3/c1-11-12-9-5-3-2-4-8(9)6-7-10/h12H,1-7,10H2. The first kappa shape index (κ1) is 9.26. The fourth-order valence-electron chi connectivity index (χ4n) is 1.65. The Morgan fingerprint density at radius 1 is 1.42 bits per heavy atom. The van der Waals surface area contributed by atoms with Crippen LogP contribution < -0.4 is 11.2 Å². The average molecular weight is 167 g/mol. The summed E-state index contributed by atoms with van der Waals surface area (Å²) in [7, 11) is 0. The molecule has 0 unspecified atom stereocenters. The minimum absolute atomic E-state index is 0.734. The Balaban J connectivity index is 2.61. The first-order valence-corrected chi connectivity index (χ1v) is 4.51. The van der Waals surface area contributed by atoms with E-state index in [2.05, 4.69) is 17.2 Å². The van der Waals surface area contributed by atoms with Crippen LogP contribution in [-0.4, -0.2) is 13.3 Å². The van der Waals surface area contributed by atoms with Crippen molar-refractivity contribution in [3.8, 4) is 0 Å². The lowest BCUT2D eigenvalue weighted by molar-refractivity contribution is 0.608. The molecule has 0 aromatic carbocycles. The number of hydrogen-bond donors (Lipinski definition) is 2. The van der Waals surface area contributed by atoms with Crippen LogP contribution >= 0.6 is 0 Å². The second-order valence-corrected chi connectivity index (χ2v) is 3.10. The molecule has 0 radical (unpaired) electrons. The summed E-state index contributed by atoms with van der Waals surface area (Å²) >= 11 is 0. The molecule has 68 valence electrons. The summed E-state index contributed by atoms with van der Waals surface area (Å²) in [5.41, 5.74) is 11.2. The monoisotopic (exact) mass is 167 g/mol. The lowest BCUT2D eigenvalue weighted by Crippen LogP contribution is -2.14. The molecule has 0 aliphatic heterocycles. The van der Waals surface area contributed by atoms with Crippen molar-refractivity contribution in [1.82, 2.24) is 5.43 Å². The Labute approximate surface area is 73.7 Å². The van der Waals surface area contributed by atoms with Crippen molar-refractivity contribution in [2.75, 3.05) is 6.54 Å². The molecule has 0 fully saturated rings. The van der Waals surface area contributed by atoms with Crippen molar-refractivity contribution in [1.29, 1.82) is 0 Å². The maximum atomic E-state index is 5.51. The normalized spacial score (nSPS) is 17.8. The number of hydrogen-bond acceptors (Lipinski definition) is 3. The van der Waals surface area contributed by atoms with Crippen LogP contribution in [0.5, 0.6) is 0 Å².